The number of aromatic nitrogens is 2. The average molecular weight is 283 g/mol. The van der Waals surface area contributed by atoms with Crippen LogP contribution in [0.1, 0.15) is 19.7 Å². The molecule has 0 saturated heterocycles. The van der Waals surface area contributed by atoms with Crippen LogP contribution < -0.4 is 10.5 Å². The van der Waals surface area contributed by atoms with E-state index in [4.69, 9.17) is 5.73 Å². The summed E-state index contributed by atoms with van der Waals surface area (Å²) in [7, 11) is -1.85. The van der Waals surface area contributed by atoms with Crippen LogP contribution >= 0.6 is 12.4 Å². The lowest BCUT2D eigenvalue weighted by atomic mass is 10.1. The molecule has 0 aliphatic heterocycles. The molecule has 0 atom stereocenters. The van der Waals surface area contributed by atoms with E-state index in [2.05, 4.69) is 9.71 Å². The second-order valence-electron chi connectivity index (χ2n) is 4.43. The van der Waals surface area contributed by atoms with Gasteiger partial charge >= 0.3 is 0 Å². The Labute approximate surface area is 108 Å². The van der Waals surface area contributed by atoms with Crippen molar-refractivity contribution < 1.29 is 8.42 Å². The molecule has 0 saturated carbocycles. The number of rotatable bonds is 4. The fourth-order valence-electron chi connectivity index (χ4n) is 1.11. The molecule has 1 heterocycles. The van der Waals surface area contributed by atoms with Crippen molar-refractivity contribution in [2.45, 2.75) is 31.3 Å². The minimum absolute atomic E-state index is 0. The van der Waals surface area contributed by atoms with Crippen LogP contribution in [0, 0.1) is 6.92 Å². The van der Waals surface area contributed by atoms with Gasteiger partial charge in [-0.3, -0.25) is 0 Å². The third-order valence-corrected chi connectivity index (χ3v) is 3.85. The van der Waals surface area contributed by atoms with Crippen LogP contribution in [0.4, 0.5) is 0 Å². The summed E-state index contributed by atoms with van der Waals surface area (Å²) in [5.41, 5.74) is 4.80. The molecule has 0 fully saturated rings. The highest BCUT2D eigenvalue weighted by Gasteiger charge is 2.26. The first-order chi connectivity index (χ1) is 7.18. The molecule has 8 heteroatoms. The first kappa shape index (κ1) is 16.4. The molecule has 1 rings (SSSR count). The normalized spacial score (nSPS) is 12.3. The number of halogens is 1. The third-order valence-electron chi connectivity index (χ3n) is 2.28. The highest BCUT2D eigenvalue weighted by Crippen LogP contribution is 2.11. The van der Waals surface area contributed by atoms with E-state index >= 15 is 0 Å². The lowest BCUT2D eigenvalue weighted by Gasteiger charge is -2.22. The molecular weight excluding hydrogens is 264 g/mol. The number of nitrogens with one attached hydrogen (secondary N) is 1. The summed E-state index contributed by atoms with van der Waals surface area (Å²) in [6.45, 7) is 5.41. The Hall–Kier alpha value is -0.630. The summed E-state index contributed by atoms with van der Waals surface area (Å²) in [6.07, 6.45) is 1.48. The van der Waals surface area contributed by atoms with Gasteiger partial charge in [0.1, 0.15) is 5.82 Å². The second kappa shape index (κ2) is 5.34. The van der Waals surface area contributed by atoms with Crippen molar-refractivity contribution in [3.63, 3.8) is 0 Å². The van der Waals surface area contributed by atoms with E-state index in [9.17, 15) is 8.42 Å². The standard InChI is InChI=1S/C9H18N4O2S.ClH/c1-7-11-8(5-13(7)4)16(14,15)12-9(2,3)6-10;/h5,12H,6,10H2,1-4H3;1H. The average Bonchev–Trinajstić information content (AvgIpc) is 2.46. The van der Waals surface area contributed by atoms with E-state index in [0.29, 0.717) is 5.82 Å². The predicted octanol–water partition coefficient (Wildman–Crippen LogP) is 0.166. The molecule has 0 amide bonds. The summed E-state index contributed by atoms with van der Waals surface area (Å²) < 4.78 is 28.0. The van der Waals surface area contributed by atoms with Gasteiger partial charge in [-0.2, -0.15) is 0 Å². The number of aryl methyl sites for hydroxylation is 2. The first-order valence-corrected chi connectivity index (χ1v) is 6.40. The predicted molar refractivity (Wildman–Crippen MR) is 68.6 cm³/mol. The van der Waals surface area contributed by atoms with E-state index in [1.54, 1.807) is 32.4 Å². The van der Waals surface area contributed by atoms with Crippen LogP contribution in [-0.4, -0.2) is 30.1 Å². The molecule has 0 bridgehead atoms. The van der Waals surface area contributed by atoms with E-state index in [1.165, 1.54) is 6.20 Å². The highest BCUT2D eigenvalue weighted by molar-refractivity contribution is 7.89. The lowest BCUT2D eigenvalue weighted by molar-refractivity contribution is 0.461. The van der Waals surface area contributed by atoms with Crippen molar-refractivity contribution in [1.82, 2.24) is 14.3 Å². The minimum atomic E-state index is -3.59. The van der Waals surface area contributed by atoms with E-state index < -0.39 is 15.6 Å². The zero-order chi connectivity index (χ0) is 12.6. The van der Waals surface area contributed by atoms with Gasteiger partial charge in [0.25, 0.3) is 10.0 Å². The van der Waals surface area contributed by atoms with Gasteiger partial charge < -0.3 is 10.3 Å². The molecule has 6 nitrogen and oxygen atoms in total. The van der Waals surface area contributed by atoms with Gasteiger partial charge in [-0.15, -0.1) is 12.4 Å². The molecular formula is C9H19ClN4O2S. The number of sulfonamides is 1. The largest absolute Gasteiger partial charge is 0.337 e. The summed E-state index contributed by atoms with van der Waals surface area (Å²) in [5, 5.41) is 0.0222. The fraction of sp³-hybridized carbons (Fsp3) is 0.667. The maximum Gasteiger partial charge on any atom is 0.260 e. The quantitative estimate of drug-likeness (QED) is 0.823. The number of nitrogens with zero attached hydrogens (tertiary/aromatic N) is 2. The van der Waals surface area contributed by atoms with Crippen LogP contribution in [0.2, 0.25) is 0 Å². The van der Waals surface area contributed by atoms with E-state index in [0.717, 1.165) is 0 Å². The van der Waals surface area contributed by atoms with E-state index in [1.807, 2.05) is 0 Å². The number of hydrogen-bond donors (Lipinski definition) is 2. The van der Waals surface area contributed by atoms with Crippen LogP contribution in [0.15, 0.2) is 11.2 Å². The van der Waals surface area contributed by atoms with Crippen LogP contribution in [0.5, 0.6) is 0 Å². The van der Waals surface area contributed by atoms with Gasteiger partial charge in [0.2, 0.25) is 0 Å². The molecule has 0 radical (unpaired) electrons. The number of hydrogen-bond acceptors (Lipinski definition) is 4. The molecule has 0 unspecified atom stereocenters. The molecule has 0 spiro atoms. The monoisotopic (exact) mass is 282 g/mol. The van der Waals surface area contributed by atoms with Gasteiger partial charge in [-0.05, 0) is 20.8 Å². The van der Waals surface area contributed by atoms with Crippen molar-refractivity contribution in [1.29, 1.82) is 0 Å². The Kier molecular flexibility index (Phi) is 5.15. The summed E-state index contributed by atoms with van der Waals surface area (Å²) >= 11 is 0. The second-order valence-corrected chi connectivity index (χ2v) is 6.06. The number of imidazole rings is 1. The third kappa shape index (κ3) is 3.95. The minimum Gasteiger partial charge on any atom is -0.337 e. The topological polar surface area (TPSA) is 90.0 Å². The van der Waals surface area contributed by atoms with Crippen LogP contribution in [0.3, 0.4) is 0 Å². The maximum atomic E-state index is 11.9. The lowest BCUT2D eigenvalue weighted by Crippen LogP contribution is -2.48. The number of nitrogens with two attached hydrogens (primary N) is 1. The van der Waals surface area contributed by atoms with Crippen molar-refractivity contribution in [2.24, 2.45) is 12.8 Å². The maximum absolute atomic E-state index is 11.9. The molecule has 17 heavy (non-hydrogen) atoms. The van der Waals surface area contributed by atoms with Crippen LogP contribution in [0.25, 0.3) is 0 Å². The summed E-state index contributed by atoms with van der Waals surface area (Å²) in [4.78, 5) is 3.97. The van der Waals surface area contributed by atoms with E-state index in [-0.39, 0.29) is 24.0 Å². The van der Waals surface area contributed by atoms with Gasteiger partial charge in [0.05, 0.1) is 0 Å². The fourth-order valence-corrected chi connectivity index (χ4v) is 2.58. The molecule has 1 aromatic rings. The van der Waals surface area contributed by atoms with Gasteiger partial charge in [0.15, 0.2) is 5.03 Å². The zero-order valence-corrected chi connectivity index (χ0v) is 12.0. The Balaban J connectivity index is 0.00000256. The van der Waals surface area contributed by atoms with Crippen LogP contribution in [-0.2, 0) is 17.1 Å². The van der Waals surface area contributed by atoms with Gasteiger partial charge in [-0.25, -0.2) is 18.1 Å². The van der Waals surface area contributed by atoms with Crippen molar-refractivity contribution >= 4 is 22.4 Å². The summed E-state index contributed by atoms with van der Waals surface area (Å²) in [5.74, 6) is 0.644. The molecule has 1 aromatic heterocycles. The Morgan fingerprint density at radius 1 is 1.53 bits per heavy atom. The SMILES string of the molecule is Cc1nc(S(=O)(=O)NC(C)(C)CN)cn1C.Cl. The van der Waals surface area contributed by atoms with Gasteiger partial charge in [-0.1, -0.05) is 0 Å². The highest BCUT2D eigenvalue weighted by atomic mass is 35.5. The van der Waals surface area contributed by atoms with Gasteiger partial charge in [0, 0.05) is 25.3 Å². The molecule has 100 valence electrons. The molecule has 0 aromatic carbocycles. The molecule has 0 aliphatic carbocycles. The molecule has 3 N–H and O–H groups in total. The Morgan fingerprint density at radius 2 is 2.06 bits per heavy atom. The smallest absolute Gasteiger partial charge is 0.260 e. The zero-order valence-electron chi connectivity index (χ0n) is 10.4. The Bertz CT molecular complexity index is 462. The van der Waals surface area contributed by atoms with Crippen molar-refractivity contribution in [2.75, 3.05) is 6.54 Å². The Morgan fingerprint density at radius 3 is 2.41 bits per heavy atom. The molecule has 0 aliphatic rings. The first-order valence-electron chi connectivity index (χ1n) is 4.92. The van der Waals surface area contributed by atoms with Crippen molar-refractivity contribution in [3.05, 3.63) is 12.0 Å². The summed E-state index contributed by atoms with van der Waals surface area (Å²) in [6, 6.07) is 0. The van der Waals surface area contributed by atoms with Crippen molar-refractivity contribution in [3.8, 4) is 0 Å².